The molecule has 2 N–H and O–H groups in total. The number of benzene rings is 1. The normalized spacial score (nSPS) is 12.7. The van der Waals surface area contributed by atoms with E-state index in [2.05, 4.69) is 38.2 Å². The second-order valence-corrected chi connectivity index (χ2v) is 7.62. The molecule has 1 unspecified atom stereocenters. The quantitative estimate of drug-likeness (QED) is 0.881. The van der Waals surface area contributed by atoms with Crippen LogP contribution in [0.4, 0.5) is 0 Å². The minimum Gasteiger partial charge on any atom is -0.477 e. The first-order valence-corrected chi connectivity index (χ1v) is 8.24. The lowest BCUT2D eigenvalue weighted by Gasteiger charge is -2.20. The summed E-state index contributed by atoms with van der Waals surface area (Å²) in [6, 6.07) is 11.0. The van der Waals surface area contributed by atoms with Crippen molar-refractivity contribution in [2.45, 2.75) is 39.2 Å². The Labute approximate surface area is 140 Å². The summed E-state index contributed by atoms with van der Waals surface area (Å²) >= 11 is 0.980. The maximum absolute atomic E-state index is 12.2. The van der Waals surface area contributed by atoms with Crippen molar-refractivity contribution in [3.05, 3.63) is 57.3 Å². The van der Waals surface area contributed by atoms with Gasteiger partial charge in [-0.05, 0) is 35.6 Å². The molecule has 0 fully saturated rings. The molecule has 1 aromatic carbocycles. The number of thiophene rings is 1. The van der Waals surface area contributed by atoms with Crippen molar-refractivity contribution in [1.82, 2.24) is 5.32 Å². The van der Waals surface area contributed by atoms with Gasteiger partial charge >= 0.3 is 5.97 Å². The van der Waals surface area contributed by atoms with Crippen molar-refractivity contribution in [2.75, 3.05) is 0 Å². The van der Waals surface area contributed by atoms with E-state index in [0.717, 1.165) is 16.9 Å². The molecule has 0 aliphatic rings. The second-order valence-electron chi connectivity index (χ2n) is 6.54. The molecule has 0 radical (unpaired) electrons. The van der Waals surface area contributed by atoms with Gasteiger partial charge in [-0.1, -0.05) is 45.0 Å². The van der Waals surface area contributed by atoms with Crippen LogP contribution in [0.15, 0.2) is 36.4 Å². The molecule has 0 saturated heterocycles. The Morgan fingerprint density at radius 3 is 2.09 bits per heavy atom. The molecule has 0 bridgehead atoms. The molecule has 1 atom stereocenters. The number of nitrogens with one attached hydrogen (secondary N) is 1. The van der Waals surface area contributed by atoms with Crippen molar-refractivity contribution in [1.29, 1.82) is 0 Å². The fourth-order valence-electron chi connectivity index (χ4n) is 2.20. The number of carboxylic acids is 1. The Morgan fingerprint density at radius 2 is 1.61 bits per heavy atom. The van der Waals surface area contributed by atoms with Gasteiger partial charge in [0.1, 0.15) is 4.88 Å². The highest BCUT2D eigenvalue weighted by molar-refractivity contribution is 7.15. The Morgan fingerprint density at radius 1 is 1.04 bits per heavy atom. The number of carbonyl (C=O) groups is 2. The van der Waals surface area contributed by atoms with Crippen LogP contribution in [-0.2, 0) is 5.41 Å². The zero-order chi connectivity index (χ0) is 17.2. The van der Waals surface area contributed by atoms with Gasteiger partial charge in [-0.25, -0.2) is 4.79 Å². The van der Waals surface area contributed by atoms with Crippen LogP contribution in [0.3, 0.4) is 0 Å². The predicted molar refractivity (Wildman–Crippen MR) is 92.3 cm³/mol. The summed E-state index contributed by atoms with van der Waals surface area (Å²) in [4.78, 5) is 23.6. The van der Waals surface area contributed by atoms with Gasteiger partial charge in [0.05, 0.1) is 10.9 Å². The molecule has 5 heteroatoms. The number of hydrogen-bond acceptors (Lipinski definition) is 3. The van der Waals surface area contributed by atoms with Gasteiger partial charge in [0.25, 0.3) is 5.91 Å². The highest BCUT2D eigenvalue weighted by Crippen LogP contribution is 2.24. The molecule has 0 aliphatic carbocycles. The van der Waals surface area contributed by atoms with Crippen LogP contribution in [0.5, 0.6) is 0 Å². The van der Waals surface area contributed by atoms with Gasteiger partial charge in [0, 0.05) is 0 Å². The van der Waals surface area contributed by atoms with E-state index in [4.69, 9.17) is 5.11 Å². The molecule has 1 aromatic heterocycles. The van der Waals surface area contributed by atoms with E-state index in [9.17, 15) is 9.59 Å². The van der Waals surface area contributed by atoms with Crippen LogP contribution in [-0.4, -0.2) is 17.0 Å². The van der Waals surface area contributed by atoms with Gasteiger partial charge in [-0.15, -0.1) is 11.3 Å². The fraction of sp³-hybridized carbons (Fsp3) is 0.333. The number of carboxylic acid groups (broad SMARTS) is 1. The average Bonchev–Trinajstić information content (AvgIpc) is 2.96. The Kier molecular flexibility index (Phi) is 4.90. The van der Waals surface area contributed by atoms with E-state index in [1.807, 2.05) is 19.1 Å². The van der Waals surface area contributed by atoms with Crippen molar-refractivity contribution in [3.8, 4) is 0 Å². The van der Waals surface area contributed by atoms with E-state index >= 15 is 0 Å². The van der Waals surface area contributed by atoms with Gasteiger partial charge in [0.15, 0.2) is 0 Å². The standard InChI is InChI=1S/C18H21NO3S/c1-11(12-5-7-13(8-6-12)18(2,3)4)19-16(20)14-9-10-15(23-14)17(21)22/h5-11H,1-4H3,(H,19,20)(H,21,22). The topological polar surface area (TPSA) is 66.4 Å². The first-order valence-electron chi connectivity index (χ1n) is 7.43. The van der Waals surface area contributed by atoms with Crippen LogP contribution in [0.25, 0.3) is 0 Å². The first kappa shape index (κ1) is 17.2. The molecule has 2 aromatic rings. The van der Waals surface area contributed by atoms with Crippen molar-refractivity contribution >= 4 is 23.2 Å². The molecule has 0 spiro atoms. The number of hydrogen-bond donors (Lipinski definition) is 2. The third-order valence-electron chi connectivity index (χ3n) is 3.66. The highest BCUT2D eigenvalue weighted by atomic mass is 32.1. The van der Waals surface area contributed by atoms with Gasteiger partial charge in [0.2, 0.25) is 0 Å². The van der Waals surface area contributed by atoms with Crippen LogP contribution < -0.4 is 5.32 Å². The van der Waals surface area contributed by atoms with E-state index < -0.39 is 5.97 Å². The van der Waals surface area contributed by atoms with Crippen molar-refractivity contribution < 1.29 is 14.7 Å². The average molecular weight is 331 g/mol. The summed E-state index contributed by atoms with van der Waals surface area (Å²) in [7, 11) is 0. The third-order valence-corrected chi connectivity index (χ3v) is 4.74. The van der Waals surface area contributed by atoms with E-state index in [-0.39, 0.29) is 22.2 Å². The number of carbonyl (C=O) groups excluding carboxylic acids is 1. The zero-order valence-electron chi connectivity index (χ0n) is 13.7. The number of rotatable bonds is 4. The minimum atomic E-state index is -1.01. The summed E-state index contributed by atoms with van der Waals surface area (Å²) in [5.41, 5.74) is 2.35. The summed E-state index contributed by atoms with van der Waals surface area (Å²) in [6.07, 6.45) is 0. The molecule has 1 heterocycles. The smallest absolute Gasteiger partial charge is 0.345 e. The van der Waals surface area contributed by atoms with E-state index in [0.29, 0.717) is 4.88 Å². The minimum absolute atomic E-state index is 0.0925. The lowest BCUT2D eigenvalue weighted by molar-refractivity contribution is 0.0702. The fourth-order valence-corrected chi connectivity index (χ4v) is 2.95. The second kappa shape index (κ2) is 6.54. The van der Waals surface area contributed by atoms with Gasteiger partial charge in [-0.3, -0.25) is 4.79 Å². The summed E-state index contributed by atoms with van der Waals surface area (Å²) < 4.78 is 0. The summed E-state index contributed by atoms with van der Waals surface area (Å²) in [6.45, 7) is 8.38. The zero-order valence-corrected chi connectivity index (χ0v) is 14.5. The first-order chi connectivity index (χ1) is 10.7. The molecule has 0 aliphatic heterocycles. The maximum Gasteiger partial charge on any atom is 0.345 e. The molecule has 1 amide bonds. The molecule has 2 rings (SSSR count). The molecular weight excluding hydrogens is 310 g/mol. The monoisotopic (exact) mass is 331 g/mol. The van der Waals surface area contributed by atoms with Crippen LogP contribution in [0, 0.1) is 0 Å². The van der Waals surface area contributed by atoms with E-state index in [1.165, 1.54) is 11.6 Å². The maximum atomic E-state index is 12.2. The Hall–Kier alpha value is -2.14. The summed E-state index contributed by atoms with van der Waals surface area (Å²) in [5, 5.41) is 11.8. The predicted octanol–water partition coefficient (Wildman–Crippen LogP) is 4.23. The van der Waals surface area contributed by atoms with Crippen LogP contribution >= 0.6 is 11.3 Å². The number of amides is 1. The lowest BCUT2D eigenvalue weighted by atomic mass is 9.86. The van der Waals surface area contributed by atoms with E-state index in [1.54, 1.807) is 6.07 Å². The molecule has 4 nitrogen and oxygen atoms in total. The van der Waals surface area contributed by atoms with Crippen LogP contribution in [0.1, 0.15) is 64.2 Å². The summed E-state index contributed by atoms with van der Waals surface area (Å²) in [5.74, 6) is -1.27. The lowest BCUT2D eigenvalue weighted by Crippen LogP contribution is -2.26. The SMILES string of the molecule is CC(NC(=O)c1ccc(C(=O)O)s1)c1ccc(C(C)(C)C)cc1. The number of aromatic carboxylic acids is 1. The Bertz CT molecular complexity index is 711. The van der Waals surface area contributed by atoms with Crippen molar-refractivity contribution in [3.63, 3.8) is 0 Å². The molecule has 122 valence electrons. The molecular formula is C18H21NO3S. The Balaban J connectivity index is 2.07. The molecule has 23 heavy (non-hydrogen) atoms. The van der Waals surface area contributed by atoms with Crippen molar-refractivity contribution in [2.24, 2.45) is 0 Å². The highest BCUT2D eigenvalue weighted by Gasteiger charge is 2.17. The van der Waals surface area contributed by atoms with Gasteiger partial charge < -0.3 is 10.4 Å². The van der Waals surface area contributed by atoms with Crippen LogP contribution in [0.2, 0.25) is 0 Å². The largest absolute Gasteiger partial charge is 0.477 e. The molecule has 0 saturated carbocycles. The third kappa shape index (κ3) is 4.20. The van der Waals surface area contributed by atoms with Gasteiger partial charge in [-0.2, -0.15) is 0 Å².